The zero-order chi connectivity index (χ0) is 22.8. The number of thioether (sulfide) groups is 1. The minimum atomic E-state index is -1.22. The summed E-state index contributed by atoms with van der Waals surface area (Å²) in [5.74, 6) is -2.08. The number of aliphatic carboxylic acids is 1. The van der Waals surface area contributed by atoms with Gasteiger partial charge in [0.25, 0.3) is 17.8 Å². The summed E-state index contributed by atoms with van der Waals surface area (Å²) >= 11 is 1.35. The molecule has 1 aliphatic carbocycles. The summed E-state index contributed by atoms with van der Waals surface area (Å²) in [6.45, 7) is 0.102. The van der Waals surface area contributed by atoms with Crippen molar-refractivity contribution >= 4 is 41.3 Å². The molecule has 0 spiro atoms. The molecule has 2 amide bonds. The van der Waals surface area contributed by atoms with E-state index in [1.54, 1.807) is 0 Å². The maximum absolute atomic E-state index is 13.0. The Labute approximate surface area is 187 Å². The van der Waals surface area contributed by atoms with E-state index in [0.717, 1.165) is 25.7 Å². The van der Waals surface area contributed by atoms with Gasteiger partial charge in [0, 0.05) is 12.9 Å². The highest BCUT2D eigenvalue weighted by molar-refractivity contribution is 8.00. The summed E-state index contributed by atoms with van der Waals surface area (Å²) in [6.07, 6.45) is 4.80. The molecule has 0 unspecified atom stereocenters. The number of fused-ring (bicyclic) bond motifs is 1. The lowest BCUT2D eigenvalue weighted by molar-refractivity contribution is -0.150. The predicted octanol–water partition coefficient (Wildman–Crippen LogP) is 0.305. The van der Waals surface area contributed by atoms with Gasteiger partial charge in [0.05, 0.1) is 6.61 Å². The van der Waals surface area contributed by atoms with E-state index in [9.17, 15) is 19.5 Å². The number of aromatic nitrogens is 1. The van der Waals surface area contributed by atoms with Crippen LogP contribution >= 0.6 is 11.8 Å². The van der Waals surface area contributed by atoms with E-state index in [0.29, 0.717) is 11.3 Å². The van der Waals surface area contributed by atoms with Crippen LogP contribution in [0.1, 0.15) is 31.4 Å². The molecule has 1 saturated heterocycles. The van der Waals surface area contributed by atoms with Crippen LogP contribution in [0.25, 0.3) is 0 Å². The van der Waals surface area contributed by atoms with Gasteiger partial charge in [0.1, 0.15) is 35.2 Å². The molecule has 0 bridgehead atoms. The standard InChI is InChI=1S/C19H23N5O7S/c1-29-6-9-8-32-17-13(16(26)24(17)14(9)18(27)28)22-15(25)12(11-7-30-19(20)21-11)23-31-10-4-2-3-5-10/h7,10,13,17H,2-6,8H2,1H3,(H2,20,21)(H,22,25)(H,27,28)/b23-12-/t13-,17-/m1/s1. The van der Waals surface area contributed by atoms with Gasteiger partial charge in [0.15, 0.2) is 5.71 Å². The lowest BCUT2D eigenvalue weighted by atomic mass is 10.0. The van der Waals surface area contributed by atoms with Gasteiger partial charge in [-0.05, 0) is 31.3 Å². The number of nitrogens with one attached hydrogen (secondary N) is 1. The van der Waals surface area contributed by atoms with Crippen LogP contribution in [0.3, 0.4) is 0 Å². The minimum absolute atomic E-state index is 0.0754. The highest BCUT2D eigenvalue weighted by atomic mass is 32.2. The first-order chi connectivity index (χ1) is 15.4. The van der Waals surface area contributed by atoms with Crippen LogP contribution in [0.5, 0.6) is 0 Å². The lowest BCUT2D eigenvalue weighted by Crippen LogP contribution is -2.71. The van der Waals surface area contributed by atoms with Crippen molar-refractivity contribution in [3.63, 3.8) is 0 Å². The Kier molecular flexibility index (Phi) is 6.37. The number of carboxylic acid groups (broad SMARTS) is 1. The lowest BCUT2D eigenvalue weighted by Gasteiger charge is -2.49. The molecular formula is C19H23N5O7S. The Hall–Kier alpha value is -3.06. The van der Waals surface area contributed by atoms with Gasteiger partial charge >= 0.3 is 5.97 Å². The second kappa shape index (κ2) is 9.20. The molecule has 2 aliphatic heterocycles. The molecule has 0 aromatic carbocycles. The van der Waals surface area contributed by atoms with Gasteiger partial charge < -0.3 is 30.1 Å². The summed E-state index contributed by atoms with van der Waals surface area (Å²) in [5.41, 5.74) is 5.83. The first-order valence-corrected chi connectivity index (χ1v) is 11.1. The normalized spacial score (nSPS) is 23.7. The molecule has 1 aromatic rings. The van der Waals surface area contributed by atoms with E-state index >= 15 is 0 Å². The number of oxazole rings is 1. The Balaban J connectivity index is 1.51. The number of methoxy groups -OCH3 is 1. The molecule has 12 nitrogen and oxygen atoms in total. The third-order valence-corrected chi connectivity index (χ3v) is 6.77. The first kappa shape index (κ1) is 22.1. The van der Waals surface area contributed by atoms with Crippen molar-refractivity contribution in [1.82, 2.24) is 15.2 Å². The van der Waals surface area contributed by atoms with Crippen LogP contribution in [-0.4, -0.2) is 75.5 Å². The van der Waals surface area contributed by atoms with Crippen LogP contribution in [-0.2, 0) is 24.0 Å². The first-order valence-electron chi connectivity index (χ1n) is 10.1. The van der Waals surface area contributed by atoms with E-state index in [2.05, 4.69) is 15.5 Å². The number of β-lactam (4-membered cyclic amide) rings is 1. The topological polar surface area (TPSA) is 170 Å². The van der Waals surface area contributed by atoms with Crippen LogP contribution < -0.4 is 11.1 Å². The second-order valence-electron chi connectivity index (χ2n) is 7.57. The molecule has 32 heavy (non-hydrogen) atoms. The van der Waals surface area contributed by atoms with Gasteiger partial charge in [-0.2, -0.15) is 4.98 Å². The summed E-state index contributed by atoms with van der Waals surface area (Å²) in [7, 11) is 1.45. The Morgan fingerprint density at radius 3 is 2.81 bits per heavy atom. The number of nitrogens with two attached hydrogens (primary N) is 1. The number of hydrogen-bond acceptors (Lipinski definition) is 10. The van der Waals surface area contributed by atoms with Crippen molar-refractivity contribution < 1.29 is 33.5 Å². The van der Waals surface area contributed by atoms with Crippen molar-refractivity contribution in [3.8, 4) is 0 Å². The molecule has 3 aliphatic rings. The van der Waals surface area contributed by atoms with Gasteiger partial charge in [-0.1, -0.05) is 5.16 Å². The number of carboxylic acids is 1. The van der Waals surface area contributed by atoms with Crippen molar-refractivity contribution in [1.29, 1.82) is 0 Å². The molecule has 4 rings (SSSR count). The van der Waals surface area contributed by atoms with E-state index in [1.165, 1.54) is 30.0 Å². The number of oxime groups is 1. The SMILES string of the molecule is COCC1=C(C(=O)O)N2C(=O)[C@@H](NC(=O)/C(=N\OC3CCCC3)c3coc(N)n3)[C@H]2SC1. The molecule has 172 valence electrons. The van der Waals surface area contributed by atoms with Crippen molar-refractivity contribution in [2.75, 3.05) is 25.2 Å². The van der Waals surface area contributed by atoms with Crippen molar-refractivity contribution in [3.05, 3.63) is 23.2 Å². The third kappa shape index (κ3) is 4.17. The summed E-state index contributed by atoms with van der Waals surface area (Å²) in [5, 5.41) is 15.6. The van der Waals surface area contributed by atoms with Gasteiger partial charge in [0.2, 0.25) is 0 Å². The predicted molar refractivity (Wildman–Crippen MR) is 112 cm³/mol. The quantitative estimate of drug-likeness (QED) is 0.276. The number of rotatable bonds is 8. The number of ether oxygens (including phenoxy) is 1. The molecular weight excluding hydrogens is 442 g/mol. The smallest absolute Gasteiger partial charge is 0.352 e. The molecule has 0 radical (unpaired) electrons. The number of carbonyl (C=O) groups excluding carboxylic acids is 2. The van der Waals surface area contributed by atoms with Crippen LogP contribution in [0.4, 0.5) is 6.01 Å². The maximum atomic E-state index is 13.0. The fourth-order valence-electron chi connectivity index (χ4n) is 3.90. The Morgan fingerprint density at radius 2 is 2.19 bits per heavy atom. The largest absolute Gasteiger partial charge is 0.477 e. The molecule has 2 fully saturated rings. The van der Waals surface area contributed by atoms with Crippen LogP contribution in [0, 0.1) is 0 Å². The molecule has 3 heterocycles. The fourth-order valence-corrected chi connectivity index (χ4v) is 5.23. The average Bonchev–Trinajstić information content (AvgIpc) is 3.44. The van der Waals surface area contributed by atoms with Gasteiger partial charge in [-0.25, -0.2) is 4.79 Å². The van der Waals surface area contributed by atoms with Crippen molar-refractivity contribution in [2.24, 2.45) is 5.16 Å². The molecule has 4 N–H and O–H groups in total. The highest BCUT2D eigenvalue weighted by Crippen LogP contribution is 2.40. The number of nitrogen functional groups attached to an aromatic ring is 1. The monoisotopic (exact) mass is 465 g/mol. The molecule has 2 atom stereocenters. The van der Waals surface area contributed by atoms with Gasteiger partial charge in [-0.15, -0.1) is 11.8 Å². The van der Waals surface area contributed by atoms with E-state index in [1.807, 2.05) is 0 Å². The van der Waals surface area contributed by atoms with Crippen LogP contribution in [0.2, 0.25) is 0 Å². The van der Waals surface area contributed by atoms with Crippen LogP contribution in [0.15, 0.2) is 27.1 Å². The van der Waals surface area contributed by atoms with E-state index < -0.39 is 29.2 Å². The molecule has 1 saturated carbocycles. The van der Waals surface area contributed by atoms with E-state index in [-0.39, 0.29) is 35.8 Å². The van der Waals surface area contributed by atoms with Crippen molar-refractivity contribution in [2.45, 2.75) is 43.2 Å². The minimum Gasteiger partial charge on any atom is -0.477 e. The number of carbonyl (C=O) groups is 3. The molecule has 1 aromatic heterocycles. The Bertz CT molecular complexity index is 984. The van der Waals surface area contributed by atoms with E-state index in [4.69, 9.17) is 19.7 Å². The number of amides is 2. The highest BCUT2D eigenvalue weighted by Gasteiger charge is 2.54. The fraction of sp³-hybridized carbons (Fsp3) is 0.526. The summed E-state index contributed by atoms with van der Waals surface area (Å²) in [4.78, 5) is 48.1. The second-order valence-corrected chi connectivity index (χ2v) is 8.68. The number of anilines is 1. The average molecular weight is 465 g/mol. The zero-order valence-corrected chi connectivity index (χ0v) is 18.1. The number of hydrogen-bond donors (Lipinski definition) is 3. The summed E-state index contributed by atoms with van der Waals surface area (Å²) < 4.78 is 10.0. The zero-order valence-electron chi connectivity index (χ0n) is 17.3. The number of nitrogens with zero attached hydrogens (tertiary/aromatic N) is 3. The Morgan fingerprint density at radius 1 is 1.44 bits per heavy atom. The van der Waals surface area contributed by atoms with Gasteiger partial charge in [-0.3, -0.25) is 14.5 Å². The maximum Gasteiger partial charge on any atom is 0.352 e. The summed E-state index contributed by atoms with van der Waals surface area (Å²) in [6, 6.07) is -1.07. The third-order valence-electron chi connectivity index (χ3n) is 5.43. The molecule has 13 heteroatoms.